The van der Waals surface area contributed by atoms with Crippen LogP contribution >= 0.6 is 0 Å². The average molecular weight is 211 g/mol. The lowest BCUT2D eigenvalue weighted by Gasteiger charge is -2.31. The molecule has 0 fully saturated rings. The summed E-state index contributed by atoms with van der Waals surface area (Å²) in [6.07, 6.45) is 0.305. The van der Waals surface area contributed by atoms with E-state index in [9.17, 15) is 4.79 Å². The van der Waals surface area contributed by atoms with Gasteiger partial charge in [0.1, 0.15) is 11.3 Å². The molecule has 5 N–H and O–H groups in total. The first-order valence-corrected chi connectivity index (χ1v) is 4.39. The van der Waals surface area contributed by atoms with Crippen LogP contribution in [0.1, 0.15) is 12.0 Å². The minimum absolute atomic E-state index is 0. The van der Waals surface area contributed by atoms with Crippen LogP contribution in [0.3, 0.4) is 0 Å². The standard InChI is InChI=1S/C10H11NO3.H2O/c11-10(9(12)13)5-6-14-8-4-2-1-3-7(8)10;/h1-4H,5-6,11H2,(H,12,13);1H2. The third-order valence-electron chi connectivity index (χ3n) is 2.50. The zero-order chi connectivity index (χ0) is 10.2. The zero-order valence-electron chi connectivity index (χ0n) is 8.06. The molecule has 1 aromatic rings. The number of carboxylic acids is 1. The summed E-state index contributed by atoms with van der Waals surface area (Å²) >= 11 is 0. The predicted molar refractivity (Wildman–Crippen MR) is 53.7 cm³/mol. The monoisotopic (exact) mass is 211 g/mol. The molecule has 1 atom stereocenters. The Bertz CT molecular complexity index is 379. The molecule has 82 valence electrons. The van der Waals surface area contributed by atoms with Gasteiger partial charge in [-0.1, -0.05) is 18.2 Å². The molecule has 5 nitrogen and oxygen atoms in total. The van der Waals surface area contributed by atoms with E-state index in [1.807, 2.05) is 0 Å². The summed E-state index contributed by atoms with van der Waals surface area (Å²) in [4.78, 5) is 11.1. The number of rotatable bonds is 1. The predicted octanol–water partition coefficient (Wildman–Crippen LogP) is -0.117. The number of ether oxygens (including phenoxy) is 1. The first-order valence-electron chi connectivity index (χ1n) is 4.39. The molecular weight excluding hydrogens is 198 g/mol. The van der Waals surface area contributed by atoms with Gasteiger partial charge in [-0.3, -0.25) is 0 Å². The van der Waals surface area contributed by atoms with Crippen LogP contribution in [0.2, 0.25) is 0 Å². The van der Waals surface area contributed by atoms with Crippen molar-refractivity contribution in [3.8, 4) is 5.75 Å². The fraction of sp³-hybridized carbons (Fsp3) is 0.300. The topological polar surface area (TPSA) is 104 Å². The van der Waals surface area contributed by atoms with Gasteiger partial charge in [0.15, 0.2) is 0 Å². The van der Waals surface area contributed by atoms with Crippen molar-refractivity contribution in [2.75, 3.05) is 6.61 Å². The summed E-state index contributed by atoms with van der Waals surface area (Å²) in [7, 11) is 0. The van der Waals surface area contributed by atoms with E-state index in [2.05, 4.69) is 0 Å². The molecule has 0 bridgehead atoms. The summed E-state index contributed by atoms with van der Waals surface area (Å²) in [6, 6.07) is 6.99. The van der Waals surface area contributed by atoms with Crippen molar-refractivity contribution >= 4 is 5.97 Å². The normalized spacial score (nSPS) is 23.3. The molecule has 5 heteroatoms. The Morgan fingerprint density at radius 2 is 2.13 bits per heavy atom. The lowest BCUT2D eigenvalue weighted by atomic mass is 9.86. The molecule has 1 aliphatic rings. The SMILES string of the molecule is NC1(C(=O)O)CCOc2ccccc21.O. The molecule has 1 heterocycles. The second kappa shape index (κ2) is 3.88. The van der Waals surface area contributed by atoms with Crippen LogP contribution in [0, 0.1) is 0 Å². The summed E-state index contributed by atoms with van der Waals surface area (Å²) in [5.41, 5.74) is 5.09. The maximum atomic E-state index is 11.1. The highest BCUT2D eigenvalue weighted by Gasteiger charge is 2.40. The molecule has 0 radical (unpaired) electrons. The molecule has 15 heavy (non-hydrogen) atoms. The van der Waals surface area contributed by atoms with Crippen molar-refractivity contribution in [2.45, 2.75) is 12.0 Å². The number of carboxylic acid groups (broad SMARTS) is 1. The average Bonchev–Trinajstić information content (AvgIpc) is 2.18. The van der Waals surface area contributed by atoms with Crippen LogP contribution < -0.4 is 10.5 Å². The zero-order valence-corrected chi connectivity index (χ0v) is 8.06. The third-order valence-corrected chi connectivity index (χ3v) is 2.50. The number of aliphatic carboxylic acids is 1. The van der Waals surface area contributed by atoms with Gasteiger partial charge in [0.05, 0.1) is 6.61 Å². The molecule has 0 aromatic heterocycles. The van der Waals surface area contributed by atoms with E-state index in [1.165, 1.54) is 0 Å². The second-order valence-electron chi connectivity index (χ2n) is 3.37. The number of fused-ring (bicyclic) bond motifs is 1. The van der Waals surface area contributed by atoms with Gasteiger partial charge in [0.25, 0.3) is 0 Å². The molecule has 1 aliphatic heterocycles. The first kappa shape index (κ1) is 11.5. The largest absolute Gasteiger partial charge is 0.493 e. The van der Waals surface area contributed by atoms with Crippen molar-refractivity contribution < 1.29 is 20.1 Å². The molecule has 1 aromatic carbocycles. The Morgan fingerprint density at radius 3 is 2.80 bits per heavy atom. The molecular formula is C10H13NO4. The third kappa shape index (κ3) is 1.67. The molecule has 0 saturated carbocycles. The first-order chi connectivity index (χ1) is 6.64. The van der Waals surface area contributed by atoms with E-state index in [-0.39, 0.29) is 5.48 Å². The molecule has 2 rings (SSSR count). The summed E-state index contributed by atoms with van der Waals surface area (Å²) in [5.74, 6) is -0.433. The van der Waals surface area contributed by atoms with Gasteiger partial charge >= 0.3 is 5.97 Å². The smallest absolute Gasteiger partial charge is 0.328 e. The summed E-state index contributed by atoms with van der Waals surface area (Å²) < 4.78 is 5.33. The molecule has 0 aliphatic carbocycles. The fourth-order valence-corrected chi connectivity index (χ4v) is 1.64. The Hall–Kier alpha value is -1.59. The number of hydrogen-bond donors (Lipinski definition) is 2. The van der Waals surface area contributed by atoms with E-state index >= 15 is 0 Å². The molecule has 0 spiro atoms. The lowest BCUT2D eigenvalue weighted by Crippen LogP contribution is -2.48. The van der Waals surface area contributed by atoms with Gasteiger partial charge in [0, 0.05) is 12.0 Å². The van der Waals surface area contributed by atoms with E-state index < -0.39 is 11.5 Å². The number of hydrogen-bond acceptors (Lipinski definition) is 3. The van der Waals surface area contributed by atoms with Gasteiger partial charge in [-0.05, 0) is 6.07 Å². The van der Waals surface area contributed by atoms with Crippen LogP contribution in [0.15, 0.2) is 24.3 Å². The van der Waals surface area contributed by atoms with Crippen molar-refractivity contribution in [3.05, 3.63) is 29.8 Å². The number of nitrogens with two attached hydrogens (primary N) is 1. The highest BCUT2D eigenvalue weighted by atomic mass is 16.5. The highest BCUT2D eigenvalue weighted by Crippen LogP contribution is 2.34. The van der Waals surface area contributed by atoms with Crippen molar-refractivity contribution in [1.29, 1.82) is 0 Å². The summed E-state index contributed by atoms with van der Waals surface area (Å²) in [6.45, 7) is 0.347. The highest BCUT2D eigenvalue weighted by molar-refractivity contribution is 5.82. The van der Waals surface area contributed by atoms with E-state index in [0.717, 1.165) is 0 Å². The quantitative estimate of drug-likeness (QED) is 0.675. The second-order valence-corrected chi connectivity index (χ2v) is 3.37. The van der Waals surface area contributed by atoms with Crippen molar-refractivity contribution in [2.24, 2.45) is 5.73 Å². The number of benzene rings is 1. The van der Waals surface area contributed by atoms with Crippen LogP contribution in [-0.4, -0.2) is 23.2 Å². The van der Waals surface area contributed by atoms with Crippen LogP contribution in [-0.2, 0) is 10.3 Å². The molecule has 0 saturated heterocycles. The Kier molecular flexibility index (Phi) is 2.97. The minimum Gasteiger partial charge on any atom is -0.493 e. The molecule has 1 unspecified atom stereocenters. The fourth-order valence-electron chi connectivity index (χ4n) is 1.64. The van der Waals surface area contributed by atoms with Gasteiger partial charge < -0.3 is 21.1 Å². The Labute approximate surface area is 86.8 Å². The van der Waals surface area contributed by atoms with Crippen molar-refractivity contribution in [1.82, 2.24) is 0 Å². The van der Waals surface area contributed by atoms with Gasteiger partial charge in [0.2, 0.25) is 0 Å². The van der Waals surface area contributed by atoms with Crippen LogP contribution in [0.5, 0.6) is 5.75 Å². The van der Waals surface area contributed by atoms with E-state index in [0.29, 0.717) is 24.3 Å². The van der Waals surface area contributed by atoms with E-state index in [1.54, 1.807) is 24.3 Å². The Morgan fingerprint density at radius 1 is 1.47 bits per heavy atom. The minimum atomic E-state index is -1.30. The number of para-hydroxylation sites is 1. The maximum absolute atomic E-state index is 11.1. The maximum Gasteiger partial charge on any atom is 0.328 e. The molecule has 0 amide bonds. The van der Waals surface area contributed by atoms with Gasteiger partial charge in [-0.2, -0.15) is 0 Å². The van der Waals surface area contributed by atoms with Crippen LogP contribution in [0.4, 0.5) is 0 Å². The van der Waals surface area contributed by atoms with Crippen LogP contribution in [0.25, 0.3) is 0 Å². The number of carbonyl (C=O) groups is 1. The summed E-state index contributed by atoms with van der Waals surface area (Å²) in [5, 5.41) is 9.06. The van der Waals surface area contributed by atoms with Gasteiger partial charge in [-0.25, -0.2) is 4.79 Å². The van der Waals surface area contributed by atoms with Crippen molar-refractivity contribution in [3.63, 3.8) is 0 Å². The Balaban J connectivity index is 0.00000112. The van der Waals surface area contributed by atoms with Gasteiger partial charge in [-0.15, -0.1) is 0 Å². The lowest BCUT2D eigenvalue weighted by molar-refractivity contribution is -0.144. The van der Waals surface area contributed by atoms with E-state index in [4.69, 9.17) is 15.6 Å².